The van der Waals surface area contributed by atoms with E-state index >= 15 is 4.21 Å². The summed E-state index contributed by atoms with van der Waals surface area (Å²) in [4.78, 5) is 1.51. The minimum absolute atomic E-state index is 0.00411. The van der Waals surface area contributed by atoms with Gasteiger partial charge in [0.2, 0.25) is 0 Å². The Balaban J connectivity index is 4.09. The summed E-state index contributed by atoms with van der Waals surface area (Å²) in [6.07, 6.45) is 9.52. The standard InChI is InChI=1S/C34H61NO3SSi2/c1-14-19-26-32(37-40(12,13)34(8,9)10)33(39(36,35-11)29-24-21-20-22-25-29)27-30(28(6)7)31(23-15-2)38-41(16-3,17-4)18-5/h14-15,20-25,27-28,30-32H,1,16-19,26H2,2-13H3/b23-15+,33-27+/t30-,31-,32-,39?/m0/s1. The average molecular weight is 620 g/mol. The van der Waals surface area contributed by atoms with Crippen LogP contribution in [-0.2, 0) is 18.6 Å². The van der Waals surface area contributed by atoms with E-state index in [-0.39, 0.29) is 29.1 Å². The third-order valence-electron chi connectivity index (χ3n) is 9.04. The van der Waals surface area contributed by atoms with Crippen LogP contribution >= 0.6 is 0 Å². The predicted molar refractivity (Wildman–Crippen MR) is 186 cm³/mol. The van der Waals surface area contributed by atoms with Gasteiger partial charge in [-0.15, -0.1) is 6.58 Å². The number of hydrogen-bond donors (Lipinski definition) is 0. The van der Waals surface area contributed by atoms with E-state index in [9.17, 15) is 0 Å². The predicted octanol–water partition coefficient (Wildman–Crippen LogP) is 10.6. The third-order valence-corrected chi connectivity index (χ3v) is 20.6. The molecule has 0 fully saturated rings. The molecule has 0 aliphatic heterocycles. The van der Waals surface area contributed by atoms with Crippen LogP contribution in [0.5, 0.6) is 0 Å². The second kappa shape index (κ2) is 16.6. The summed E-state index contributed by atoms with van der Waals surface area (Å²) in [5, 5.41) is 0.00411. The minimum Gasteiger partial charge on any atom is -0.410 e. The fourth-order valence-corrected chi connectivity index (χ4v) is 11.3. The van der Waals surface area contributed by atoms with Crippen molar-refractivity contribution in [3.8, 4) is 0 Å². The monoisotopic (exact) mass is 619 g/mol. The lowest BCUT2D eigenvalue weighted by Gasteiger charge is -2.41. The Morgan fingerprint density at radius 2 is 1.61 bits per heavy atom. The number of rotatable bonds is 17. The number of benzene rings is 1. The minimum atomic E-state index is -2.95. The lowest BCUT2D eigenvalue weighted by molar-refractivity contribution is 0.159. The van der Waals surface area contributed by atoms with E-state index in [0.29, 0.717) is 6.42 Å². The molecule has 0 aliphatic rings. The molecule has 0 heterocycles. The Hall–Kier alpha value is -1.26. The number of allylic oxidation sites excluding steroid dienone is 2. The summed E-state index contributed by atoms with van der Waals surface area (Å²) in [6, 6.07) is 13.0. The van der Waals surface area contributed by atoms with Gasteiger partial charge >= 0.3 is 0 Å². The molecule has 0 saturated heterocycles. The molecule has 0 bridgehead atoms. The van der Waals surface area contributed by atoms with Crippen LogP contribution in [0.4, 0.5) is 0 Å². The van der Waals surface area contributed by atoms with Gasteiger partial charge in [0.05, 0.1) is 22.0 Å². The normalized spacial score (nSPS) is 17.3. The highest BCUT2D eigenvalue weighted by molar-refractivity contribution is 7.97. The fourth-order valence-electron chi connectivity index (χ4n) is 4.97. The zero-order valence-corrected chi connectivity index (χ0v) is 31.1. The fraction of sp³-hybridized carbons (Fsp3) is 0.647. The van der Waals surface area contributed by atoms with Crippen molar-refractivity contribution >= 4 is 26.4 Å². The maximum absolute atomic E-state index is 15.2. The first kappa shape index (κ1) is 37.8. The molecule has 0 spiro atoms. The highest BCUT2D eigenvalue weighted by atomic mass is 32.2. The van der Waals surface area contributed by atoms with Crippen molar-refractivity contribution in [2.24, 2.45) is 16.2 Å². The highest BCUT2D eigenvalue weighted by Gasteiger charge is 2.42. The quantitative estimate of drug-likeness (QED) is 0.129. The van der Waals surface area contributed by atoms with Crippen LogP contribution < -0.4 is 0 Å². The van der Waals surface area contributed by atoms with Gasteiger partial charge < -0.3 is 8.85 Å². The van der Waals surface area contributed by atoms with Crippen molar-refractivity contribution in [3.63, 3.8) is 0 Å². The van der Waals surface area contributed by atoms with E-state index in [0.717, 1.165) is 34.4 Å². The summed E-state index contributed by atoms with van der Waals surface area (Å²) >= 11 is 0. The van der Waals surface area contributed by atoms with E-state index in [4.69, 9.17) is 8.85 Å². The van der Waals surface area contributed by atoms with Crippen LogP contribution in [0.3, 0.4) is 0 Å². The van der Waals surface area contributed by atoms with Crippen LogP contribution in [0.25, 0.3) is 0 Å². The first-order valence-corrected chi connectivity index (χ1v) is 22.6. The highest BCUT2D eigenvalue weighted by Crippen LogP contribution is 2.41. The summed E-state index contributed by atoms with van der Waals surface area (Å²) in [5.41, 5.74) is 0. The van der Waals surface area contributed by atoms with Gasteiger partial charge in [-0.1, -0.05) is 97.9 Å². The van der Waals surface area contributed by atoms with Gasteiger partial charge in [0.15, 0.2) is 16.6 Å². The Morgan fingerprint density at radius 3 is 2.02 bits per heavy atom. The molecule has 41 heavy (non-hydrogen) atoms. The molecule has 1 unspecified atom stereocenters. The molecule has 0 N–H and O–H groups in total. The zero-order chi connectivity index (χ0) is 31.5. The van der Waals surface area contributed by atoms with Gasteiger partial charge in [0.25, 0.3) is 0 Å². The maximum Gasteiger partial charge on any atom is 0.192 e. The molecule has 1 rings (SSSR count). The molecule has 4 nitrogen and oxygen atoms in total. The smallest absolute Gasteiger partial charge is 0.192 e. The van der Waals surface area contributed by atoms with Gasteiger partial charge in [-0.05, 0) is 74.1 Å². The zero-order valence-electron chi connectivity index (χ0n) is 28.3. The Bertz CT molecular complexity index is 1100. The summed E-state index contributed by atoms with van der Waals surface area (Å²) < 4.78 is 34.2. The van der Waals surface area contributed by atoms with E-state index in [1.54, 1.807) is 7.05 Å². The number of hydrogen-bond acceptors (Lipinski definition) is 4. The Labute approximate surface area is 256 Å². The van der Waals surface area contributed by atoms with Gasteiger partial charge in [0, 0.05) is 13.0 Å². The van der Waals surface area contributed by atoms with Crippen LogP contribution in [-0.4, -0.2) is 40.1 Å². The summed E-state index contributed by atoms with van der Waals surface area (Å²) in [7, 11) is -5.41. The lowest BCUT2D eigenvalue weighted by atomic mass is 9.89. The molecule has 0 aliphatic carbocycles. The molecule has 1 aromatic carbocycles. The topological polar surface area (TPSA) is 47.9 Å². The largest absolute Gasteiger partial charge is 0.410 e. The number of nitrogens with zero attached hydrogens (tertiary/aromatic N) is 1. The van der Waals surface area contributed by atoms with Gasteiger partial charge in [-0.2, -0.15) is 0 Å². The first-order chi connectivity index (χ1) is 19.1. The van der Waals surface area contributed by atoms with E-state index in [1.165, 1.54) is 0 Å². The second-order valence-electron chi connectivity index (χ2n) is 13.0. The molecule has 7 heteroatoms. The van der Waals surface area contributed by atoms with Crippen molar-refractivity contribution in [1.29, 1.82) is 0 Å². The van der Waals surface area contributed by atoms with Gasteiger partial charge in [0.1, 0.15) is 9.73 Å². The second-order valence-corrected chi connectivity index (χ2v) is 24.8. The van der Waals surface area contributed by atoms with Crippen LogP contribution in [0.15, 0.2) is 75.4 Å². The van der Waals surface area contributed by atoms with E-state index < -0.39 is 26.4 Å². The van der Waals surface area contributed by atoms with Crippen molar-refractivity contribution in [2.45, 2.75) is 129 Å². The van der Waals surface area contributed by atoms with Crippen LogP contribution in [0.1, 0.15) is 75.2 Å². The molecular weight excluding hydrogens is 559 g/mol. The van der Waals surface area contributed by atoms with Crippen LogP contribution in [0.2, 0.25) is 36.3 Å². The molecular formula is C34H61NO3SSi2. The molecule has 0 aromatic heterocycles. The molecule has 234 valence electrons. The molecule has 4 atom stereocenters. The molecule has 0 radical (unpaired) electrons. The first-order valence-electron chi connectivity index (χ1n) is 15.6. The summed E-state index contributed by atoms with van der Waals surface area (Å²) in [6.45, 7) is 28.7. The van der Waals surface area contributed by atoms with Gasteiger partial charge in [-0.25, -0.2) is 8.57 Å². The molecule has 0 amide bonds. The van der Waals surface area contributed by atoms with Crippen molar-refractivity contribution in [1.82, 2.24) is 0 Å². The third kappa shape index (κ3) is 9.89. The van der Waals surface area contributed by atoms with Crippen molar-refractivity contribution in [2.75, 3.05) is 7.05 Å². The molecule has 1 aromatic rings. The maximum atomic E-state index is 15.2. The summed E-state index contributed by atoms with van der Waals surface area (Å²) in [5.74, 6) is 0.269. The lowest BCUT2D eigenvalue weighted by Crippen LogP contribution is -2.45. The Kier molecular flexibility index (Phi) is 15.2. The van der Waals surface area contributed by atoms with Crippen molar-refractivity contribution < 1.29 is 13.1 Å². The van der Waals surface area contributed by atoms with Crippen LogP contribution in [0, 0.1) is 11.8 Å². The van der Waals surface area contributed by atoms with Gasteiger partial charge in [-0.3, -0.25) is 0 Å². The Morgan fingerprint density at radius 1 is 1.05 bits per heavy atom. The average Bonchev–Trinajstić information content (AvgIpc) is 2.93. The van der Waals surface area contributed by atoms with E-state index in [1.807, 2.05) is 36.4 Å². The van der Waals surface area contributed by atoms with E-state index in [2.05, 4.69) is 105 Å². The van der Waals surface area contributed by atoms with Crippen molar-refractivity contribution in [3.05, 3.63) is 66.1 Å². The molecule has 0 saturated carbocycles. The SMILES string of the molecule is C=CCC[C@H](O[Si](C)(C)C(C)(C)C)/C(=C\[C@@H](C(C)C)[C@H](/C=C/C)O[Si](CC)(CC)CC)S(=O)(=NC)c1ccccc1.